The molecular weight excluding hydrogens is 260 g/mol. The highest BCUT2D eigenvalue weighted by molar-refractivity contribution is 6.35. The zero-order chi connectivity index (χ0) is 14.4. The maximum absolute atomic E-state index is 12.3. The molecule has 1 amide bonds. The summed E-state index contributed by atoms with van der Waals surface area (Å²) in [5, 5.41) is 2.96. The molecule has 0 atom stereocenters. The molecule has 3 heteroatoms. The van der Waals surface area contributed by atoms with Crippen molar-refractivity contribution < 1.29 is 4.79 Å². The number of carbonyl (C=O) groups excluding carboxylic acids is 1. The Morgan fingerprint density at radius 3 is 2.95 bits per heavy atom. The predicted octanol–water partition coefficient (Wildman–Crippen LogP) is 3.69. The van der Waals surface area contributed by atoms with Crippen molar-refractivity contribution in [2.45, 2.75) is 32.6 Å². The molecule has 4 rings (SSSR count). The third-order valence-electron chi connectivity index (χ3n) is 4.55. The summed E-state index contributed by atoms with van der Waals surface area (Å²) in [5.41, 5.74) is 7.81. The predicted molar refractivity (Wildman–Crippen MR) is 85.1 cm³/mol. The van der Waals surface area contributed by atoms with E-state index in [9.17, 15) is 4.79 Å². The second-order valence-corrected chi connectivity index (χ2v) is 5.92. The molecule has 106 valence electrons. The van der Waals surface area contributed by atoms with Gasteiger partial charge in [-0.2, -0.15) is 0 Å². The summed E-state index contributed by atoms with van der Waals surface area (Å²) in [6.45, 7) is 2.06. The zero-order valence-corrected chi connectivity index (χ0v) is 12.1. The smallest absolute Gasteiger partial charge is 0.256 e. The Bertz CT molecular complexity index is 768. The van der Waals surface area contributed by atoms with Gasteiger partial charge in [0, 0.05) is 28.7 Å². The highest BCUT2D eigenvalue weighted by Gasteiger charge is 2.26. The number of hydrogen-bond acceptors (Lipinski definition) is 1. The van der Waals surface area contributed by atoms with Crippen LogP contribution in [0.5, 0.6) is 0 Å². The molecule has 0 unspecified atom stereocenters. The van der Waals surface area contributed by atoms with Crippen LogP contribution >= 0.6 is 0 Å². The first-order valence-corrected chi connectivity index (χ1v) is 7.56. The maximum atomic E-state index is 12.3. The first kappa shape index (κ1) is 12.5. The maximum Gasteiger partial charge on any atom is 0.256 e. The second kappa shape index (κ2) is 4.62. The lowest BCUT2D eigenvalue weighted by Crippen LogP contribution is -2.04. The van der Waals surface area contributed by atoms with E-state index >= 15 is 0 Å². The first-order chi connectivity index (χ1) is 10.2. The van der Waals surface area contributed by atoms with Crippen molar-refractivity contribution in [2.75, 3.05) is 5.32 Å². The number of hydrogen-bond donors (Lipinski definition) is 2. The number of aromatic nitrogens is 1. The van der Waals surface area contributed by atoms with Crippen molar-refractivity contribution in [3.05, 3.63) is 52.3 Å². The fourth-order valence-corrected chi connectivity index (χ4v) is 3.49. The summed E-state index contributed by atoms with van der Waals surface area (Å²) in [6.07, 6.45) is 8.83. The molecule has 1 aliphatic heterocycles. The minimum Gasteiger partial charge on any atom is -0.364 e. The molecule has 0 spiro atoms. The van der Waals surface area contributed by atoms with Gasteiger partial charge in [-0.1, -0.05) is 12.1 Å². The van der Waals surface area contributed by atoms with E-state index in [-0.39, 0.29) is 5.91 Å². The standard InChI is InChI=1S/C18H18N2O/c1-11-5-4-8-16-17(11)14(18(21)20-16)9-12-10-19-15-7-3-2-6-13(12)15/h4-5,8-10,19H,2-3,6-7H2,1H3,(H,20,21). The zero-order valence-electron chi connectivity index (χ0n) is 12.1. The van der Waals surface area contributed by atoms with Crippen molar-refractivity contribution in [3.8, 4) is 0 Å². The Balaban J connectivity index is 1.84. The molecule has 1 aromatic carbocycles. The average molecular weight is 278 g/mol. The highest BCUT2D eigenvalue weighted by Crippen LogP contribution is 2.36. The van der Waals surface area contributed by atoms with Crippen molar-refractivity contribution in [1.29, 1.82) is 0 Å². The lowest BCUT2D eigenvalue weighted by atomic mass is 9.93. The number of benzene rings is 1. The number of aryl methyl sites for hydroxylation is 2. The summed E-state index contributed by atoms with van der Waals surface area (Å²) < 4.78 is 0. The van der Waals surface area contributed by atoms with E-state index in [4.69, 9.17) is 0 Å². The SMILES string of the molecule is Cc1cccc2c1C(=Cc1c[nH]c3c1CCCC3)C(=O)N2. The number of nitrogens with one attached hydrogen (secondary N) is 2. The van der Waals surface area contributed by atoms with Crippen molar-refractivity contribution in [1.82, 2.24) is 4.98 Å². The van der Waals surface area contributed by atoms with Gasteiger partial charge in [-0.05, 0) is 61.4 Å². The van der Waals surface area contributed by atoms with Gasteiger partial charge in [0.1, 0.15) is 0 Å². The largest absolute Gasteiger partial charge is 0.364 e. The van der Waals surface area contributed by atoms with Crippen LogP contribution in [0.2, 0.25) is 0 Å². The van der Waals surface area contributed by atoms with Crippen LogP contribution in [0.1, 0.15) is 40.8 Å². The normalized spacial score (nSPS) is 18.5. The van der Waals surface area contributed by atoms with E-state index < -0.39 is 0 Å². The summed E-state index contributed by atoms with van der Waals surface area (Å²) in [6, 6.07) is 6.00. The Hall–Kier alpha value is -2.29. The summed E-state index contributed by atoms with van der Waals surface area (Å²) in [5.74, 6) is 0.00468. The van der Waals surface area contributed by atoms with Crippen LogP contribution < -0.4 is 5.32 Å². The minimum absolute atomic E-state index is 0.00468. The fraction of sp³-hybridized carbons (Fsp3) is 0.278. The molecule has 0 fully saturated rings. The van der Waals surface area contributed by atoms with Crippen molar-refractivity contribution in [2.24, 2.45) is 0 Å². The Labute approximate surface area is 124 Å². The molecule has 21 heavy (non-hydrogen) atoms. The molecule has 2 aromatic rings. The van der Waals surface area contributed by atoms with Crippen LogP contribution in [0.15, 0.2) is 24.4 Å². The van der Waals surface area contributed by atoms with E-state index in [0.29, 0.717) is 0 Å². The van der Waals surface area contributed by atoms with E-state index in [1.54, 1.807) is 0 Å². The number of anilines is 1. The first-order valence-electron chi connectivity index (χ1n) is 7.56. The van der Waals surface area contributed by atoms with Gasteiger partial charge in [-0.15, -0.1) is 0 Å². The summed E-state index contributed by atoms with van der Waals surface area (Å²) in [4.78, 5) is 15.7. The van der Waals surface area contributed by atoms with E-state index in [0.717, 1.165) is 35.2 Å². The van der Waals surface area contributed by atoms with Gasteiger partial charge in [-0.25, -0.2) is 0 Å². The van der Waals surface area contributed by atoms with Gasteiger partial charge < -0.3 is 10.3 Å². The third-order valence-corrected chi connectivity index (χ3v) is 4.55. The molecular formula is C18H18N2O. The third kappa shape index (κ3) is 1.92. The topological polar surface area (TPSA) is 44.9 Å². The van der Waals surface area contributed by atoms with Gasteiger partial charge in [0.15, 0.2) is 0 Å². The van der Waals surface area contributed by atoms with Crippen LogP contribution in [-0.4, -0.2) is 10.9 Å². The van der Waals surface area contributed by atoms with Crippen LogP contribution in [0.4, 0.5) is 5.69 Å². The molecule has 1 aromatic heterocycles. The number of carbonyl (C=O) groups is 1. The molecule has 3 nitrogen and oxygen atoms in total. The molecule has 2 aliphatic rings. The Kier molecular flexibility index (Phi) is 2.74. The van der Waals surface area contributed by atoms with E-state index in [2.05, 4.69) is 29.4 Å². The van der Waals surface area contributed by atoms with Crippen molar-refractivity contribution >= 4 is 23.2 Å². The summed E-state index contributed by atoms with van der Waals surface area (Å²) >= 11 is 0. The number of H-pyrrole nitrogens is 1. The van der Waals surface area contributed by atoms with Gasteiger partial charge in [0.2, 0.25) is 0 Å². The number of amides is 1. The molecule has 0 bridgehead atoms. The number of aromatic amines is 1. The Morgan fingerprint density at radius 1 is 1.19 bits per heavy atom. The number of rotatable bonds is 1. The lowest BCUT2D eigenvalue weighted by molar-refractivity contribution is -0.110. The molecule has 2 N–H and O–H groups in total. The van der Waals surface area contributed by atoms with Crippen LogP contribution in [0, 0.1) is 6.92 Å². The van der Waals surface area contributed by atoms with Gasteiger partial charge in [0.05, 0.1) is 0 Å². The quantitative estimate of drug-likeness (QED) is 0.768. The molecule has 0 saturated carbocycles. The fourth-order valence-electron chi connectivity index (χ4n) is 3.49. The monoisotopic (exact) mass is 278 g/mol. The van der Waals surface area contributed by atoms with Crippen LogP contribution in [0.3, 0.4) is 0 Å². The van der Waals surface area contributed by atoms with Gasteiger partial charge in [-0.3, -0.25) is 4.79 Å². The molecule has 1 aliphatic carbocycles. The second-order valence-electron chi connectivity index (χ2n) is 5.92. The van der Waals surface area contributed by atoms with Crippen LogP contribution in [0.25, 0.3) is 11.6 Å². The average Bonchev–Trinajstić information content (AvgIpc) is 3.03. The lowest BCUT2D eigenvalue weighted by Gasteiger charge is -2.11. The van der Waals surface area contributed by atoms with Crippen molar-refractivity contribution in [3.63, 3.8) is 0 Å². The van der Waals surface area contributed by atoms with E-state index in [1.165, 1.54) is 29.7 Å². The van der Waals surface area contributed by atoms with E-state index in [1.807, 2.05) is 18.3 Å². The molecule has 2 heterocycles. The summed E-state index contributed by atoms with van der Waals surface area (Å²) in [7, 11) is 0. The molecule has 0 radical (unpaired) electrons. The Morgan fingerprint density at radius 2 is 2.05 bits per heavy atom. The highest BCUT2D eigenvalue weighted by atomic mass is 16.2. The van der Waals surface area contributed by atoms with Gasteiger partial charge in [0.25, 0.3) is 5.91 Å². The van der Waals surface area contributed by atoms with Gasteiger partial charge >= 0.3 is 0 Å². The number of fused-ring (bicyclic) bond motifs is 2. The van der Waals surface area contributed by atoms with Crippen LogP contribution in [-0.2, 0) is 17.6 Å². The minimum atomic E-state index is 0.00468. The molecule has 0 saturated heterocycles.